The highest BCUT2D eigenvalue weighted by Crippen LogP contribution is 2.46. The van der Waals surface area contributed by atoms with Crippen molar-refractivity contribution in [3.05, 3.63) is 28.3 Å². The SMILES string of the molecule is CNCC1(C(=O)Nc2c(C)c(C)cc(C)c2C)CC1. The number of nitrogens with one attached hydrogen (secondary N) is 2. The number of rotatable bonds is 4. The molecule has 0 bridgehead atoms. The quantitative estimate of drug-likeness (QED) is 0.874. The predicted molar refractivity (Wildman–Crippen MR) is 79.6 cm³/mol. The first-order valence-electron chi connectivity index (χ1n) is 6.95. The molecule has 0 radical (unpaired) electrons. The average Bonchev–Trinajstić information content (AvgIpc) is 3.13. The maximum atomic E-state index is 12.5. The van der Waals surface area contributed by atoms with Gasteiger partial charge in [0.1, 0.15) is 0 Å². The molecule has 2 N–H and O–H groups in total. The van der Waals surface area contributed by atoms with Gasteiger partial charge in [0.2, 0.25) is 5.91 Å². The third-order valence-electron chi connectivity index (χ3n) is 4.45. The zero-order valence-corrected chi connectivity index (χ0v) is 12.6. The maximum absolute atomic E-state index is 12.5. The normalized spacial score (nSPS) is 16.3. The molecule has 0 unspecified atom stereocenters. The van der Waals surface area contributed by atoms with Gasteiger partial charge in [-0.3, -0.25) is 4.79 Å². The van der Waals surface area contributed by atoms with Gasteiger partial charge in [0, 0.05) is 12.2 Å². The van der Waals surface area contributed by atoms with Gasteiger partial charge < -0.3 is 10.6 Å². The fourth-order valence-corrected chi connectivity index (χ4v) is 2.62. The molecule has 1 aromatic carbocycles. The van der Waals surface area contributed by atoms with E-state index in [2.05, 4.69) is 44.4 Å². The van der Waals surface area contributed by atoms with Crippen molar-refractivity contribution in [3.63, 3.8) is 0 Å². The third-order valence-corrected chi connectivity index (χ3v) is 4.45. The van der Waals surface area contributed by atoms with E-state index in [0.29, 0.717) is 0 Å². The van der Waals surface area contributed by atoms with Gasteiger partial charge in [-0.25, -0.2) is 0 Å². The minimum atomic E-state index is -0.175. The highest BCUT2D eigenvalue weighted by molar-refractivity contribution is 5.98. The molecule has 1 saturated carbocycles. The molecule has 0 saturated heterocycles. The molecular formula is C16H24N2O. The van der Waals surface area contributed by atoms with Crippen LogP contribution in [0.1, 0.15) is 35.1 Å². The van der Waals surface area contributed by atoms with Crippen molar-refractivity contribution in [1.29, 1.82) is 0 Å². The van der Waals surface area contributed by atoms with Crippen LogP contribution in [-0.4, -0.2) is 19.5 Å². The Bertz CT molecular complexity index is 490. The van der Waals surface area contributed by atoms with Gasteiger partial charge in [-0.15, -0.1) is 0 Å². The summed E-state index contributed by atoms with van der Waals surface area (Å²) in [7, 11) is 1.90. The fraction of sp³-hybridized carbons (Fsp3) is 0.562. The molecule has 3 heteroatoms. The number of anilines is 1. The fourth-order valence-electron chi connectivity index (χ4n) is 2.62. The van der Waals surface area contributed by atoms with Crippen LogP contribution in [0.4, 0.5) is 5.69 Å². The molecule has 0 atom stereocenters. The van der Waals surface area contributed by atoms with Crippen LogP contribution in [-0.2, 0) is 4.79 Å². The monoisotopic (exact) mass is 260 g/mol. The minimum absolute atomic E-state index is 0.165. The second-order valence-electron chi connectivity index (χ2n) is 5.90. The molecule has 1 fully saturated rings. The molecule has 19 heavy (non-hydrogen) atoms. The summed E-state index contributed by atoms with van der Waals surface area (Å²) >= 11 is 0. The molecule has 1 amide bonds. The summed E-state index contributed by atoms with van der Waals surface area (Å²) in [6.45, 7) is 9.11. The van der Waals surface area contributed by atoms with Gasteiger partial charge >= 0.3 is 0 Å². The molecule has 3 nitrogen and oxygen atoms in total. The molecular weight excluding hydrogens is 236 g/mol. The van der Waals surface area contributed by atoms with E-state index in [1.54, 1.807) is 0 Å². The van der Waals surface area contributed by atoms with Crippen LogP contribution in [0.2, 0.25) is 0 Å². The smallest absolute Gasteiger partial charge is 0.231 e. The maximum Gasteiger partial charge on any atom is 0.231 e. The van der Waals surface area contributed by atoms with Crippen LogP contribution in [0, 0.1) is 33.1 Å². The van der Waals surface area contributed by atoms with E-state index in [1.165, 1.54) is 22.3 Å². The van der Waals surface area contributed by atoms with Crippen molar-refractivity contribution in [2.75, 3.05) is 18.9 Å². The van der Waals surface area contributed by atoms with Gasteiger partial charge in [-0.1, -0.05) is 6.07 Å². The Morgan fingerprint density at radius 2 is 1.68 bits per heavy atom. The Kier molecular flexibility index (Phi) is 3.68. The highest BCUT2D eigenvalue weighted by atomic mass is 16.2. The van der Waals surface area contributed by atoms with Gasteiger partial charge in [0.25, 0.3) is 0 Å². The van der Waals surface area contributed by atoms with E-state index in [0.717, 1.165) is 25.1 Å². The Labute approximate surface area is 115 Å². The number of benzene rings is 1. The van der Waals surface area contributed by atoms with Crippen LogP contribution in [0.5, 0.6) is 0 Å². The average molecular weight is 260 g/mol. The minimum Gasteiger partial charge on any atom is -0.325 e. The number of hydrogen-bond donors (Lipinski definition) is 2. The van der Waals surface area contributed by atoms with Crippen molar-refractivity contribution in [3.8, 4) is 0 Å². The number of hydrogen-bond acceptors (Lipinski definition) is 2. The summed E-state index contributed by atoms with van der Waals surface area (Å²) in [4.78, 5) is 12.5. The van der Waals surface area contributed by atoms with Crippen molar-refractivity contribution in [2.45, 2.75) is 40.5 Å². The molecule has 0 aliphatic heterocycles. The summed E-state index contributed by atoms with van der Waals surface area (Å²) in [5.74, 6) is 0.165. The van der Waals surface area contributed by atoms with Gasteiger partial charge in [-0.05, 0) is 69.8 Å². The first-order valence-corrected chi connectivity index (χ1v) is 6.95. The number of aryl methyl sites for hydroxylation is 2. The summed E-state index contributed by atoms with van der Waals surface area (Å²) in [5, 5.41) is 6.30. The molecule has 1 aliphatic carbocycles. The second-order valence-corrected chi connectivity index (χ2v) is 5.90. The van der Waals surface area contributed by atoms with Gasteiger partial charge in [-0.2, -0.15) is 0 Å². The first kappa shape index (κ1) is 14.1. The summed E-state index contributed by atoms with van der Waals surface area (Å²) in [6, 6.07) is 2.18. The molecule has 1 aliphatic rings. The largest absolute Gasteiger partial charge is 0.325 e. The van der Waals surface area contributed by atoms with Crippen LogP contribution >= 0.6 is 0 Å². The Morgan fingerprint density at radius 1 is 1.16 bits per heavy atom. The summed E-state index contributed by atoms with van der Waals surface area (Å²) in [5.41, 5.74) is 5.65. The van der Waals surface area contributed by atoms with E-state index in [4.69, 9.17) is 0 Å². The van der Waals surface area contributed by atoms with E-state index >= 15 is 0 Å². The first-order chi connectivity index (χ1) is 8.91. The predicted octanol–water partition coefficient (Wildman–Crippen LogP) is 2.86. The number of carbonyl (C=O) groups excluding carboxylic acids is 1. The zero-order chi connectivity index (χ0) is 14.2. The van der Waals surface area contributed by atoms with Crippen LogP contribution < -0.4 is 10.6 Å². The molecule has 104 valence electrons. The zero-order valence-electron chi connectivity index (χ0n) is 12.6. The molecule has 2 rings (SSSR count). The second kappa shape index (κ2) is 4.97. The van der Waals surface area contributed by atoms with E-state index in [-0.39, 0.29) is 11.3 Å². The van der Waals surface area contributed by atoms with E-state index < -0.39 is 0 Å². The summed E-state index contributed by atoms with van der Waals surface area (Å²) < 4.78 is 0. The van der Waals surface area contributed by atoms with E-state index in [9.17, 15) is 4.79 Å². The number of carbonyl (C=O) groups is 1. The van der Waals surface area contributed by atoms with Crippen LogP contribution in [0.3, 0.4) is 0 Å². The lowest BCUT2D eigenvalue weighted by Gasteiger charge is -2.20. The van der Waals surface area contributed by atoms with Crippen molar-refractivity contribution < 1.29 is 4.79 Å². The van der Waals surface area contributed by atoms with Gasteiger partial charge in [0.05, 0.1) is 5.41 Å². The highest BCUT2D eigenvalue weighted by Gasteiger charge is 2.49. The standard InChI is InChI=1S/C16H24N2O/c1-10-8-11(2)13(4)14(12(10)3)18-15(19)16(6-7-16)9-17-5/h8,17H,6-7,9H2,1-5H3,(H,18,19). The van der Waals surface area contributed by atoms with E-state index in [1.807, 2.05) is 7.05 Å². The van der Waals surface area contributed by atoms with Crippen molar-refractivity contribution in [2.24, 2.45) is 5.41 Å². The van der Waals surface area contributed by atoms with Gasteiger partial charge in [0.15, 0.2) is 0 Å². The molecule has 1 aromatic rings. The Hall–Kier alpha value is -1.35. The Morgan fingerprint density at radius 3 is 2.11 bits per heavy atom. The molecule has 0 spiro atoms. The number of amides is 1. The molecule has 0 heterocycles. The van der Waals surface area contributed by atoms with Crippen molar-refractivity contribution in [1.82, 2.24) is 5.32 Å². The third kappa shape index (κ3) is 2.52. The lowest BCUT2D eigenvalue weighted by molar-refractivity contribution is -0.121. The Balaban J connectivity index is 2.27. The summed E-state index contributed by atoms with van der Waals surface area (Å²) in [6.07, 6.45) is 1.98. The molecule has 0 aromatic heterocycles. The lowest BCUT2D eigenvalue weighted by Crippen LogP contribution is -2.33. The lowest BCUT2D eigenvalue weighted by atomic mass is 9.97. The topological polar surface area (TPSA) is 41.1 Å². The van der Waals surface area contributed by atoms with Crippen molar-refractivity contribution >= 4 is 11.6 Å². The van der Waals surface area contributed by atoms with Crippen LogP contribution in [0.25, 0.3) is 0 Å². The van der Waals surface area contributed by atoms with Crippen LogP contribution in [0.15, 0.2) is 6.07 Å².